The molecular weight excluding hydrogens is 284 g/mol. The topological polar surface area (TPSA) is 17.1 Å². The van der Waals surface area contributed by atoms with Gasteiger partial charge >= 0.3 is 6.18 Å². The zero-order chi connectivity index (χ0) is 9.19. The molecule has 0 aromatic heterocycles. The van der Waals surface area contributed by atoms with Crippen molar-refractivity contribution in [2.75, 3.05) is 0 Å². The van der Waals surface area contributed by atoms with Crippen molar-refractivity contribution < 1.29 is 16.2 Å². The van der Waals surface area contributed by atoms with E-state index in [1.54, 1.807) is 0 Å². The monoisotopic (exact) mass is 288 g/mol. The van der Waals surface area contributed by atoms with E-state index in [4.69, 9.17) is 0 Å². The zero-order valence-corrected chi connectivity index (χ0v) is 7.89. The van der Waals surface area contributed by atoms with Crippen molar-refractivity contribution in [3.8, 4) is 0 Å². The molecule has 0 saturated heterocycles. The average Bonchev–Trinajstić information content (AvgIpc) is 2.03. The van der Waals surface area contributed by atoms with E-state index in [0.29, 0.717) is 0 Å². The van der Waals surface area contributed by atoms with Crippen LogP contribution in [-0.2, 0) is 9.25 Å². The van der Waals surface area contributed by atoms with Crippen LogP contribution in [0, 0.1) is 3.57 Å². The van der Waals surface area contributed by atoms with Crippen molar-refractivity contribution in [3.05, 3.63) is 33.4 Å². The fraction of sp³-hybridized carbons (Fsp3) is 0.143. The summed E-state index contributed by atoms with van der Waals surface area (Å²) in [5.41, 5.74) is -0.740. The third-order valence-corrected chi connectivity index (χ3v) is 2.42. The van der Waals surface area contributed by atoms with Gasteiger partial charge in [0.25, 0.3) is 0 Å². The summed E-state index contributed by atoms with van der Waals surface area (Å²) in [6, 6.07) is 4.56. The first-order chi connectivity index (χ1) is 5.54. The molecule has 0 radical (unpaired) electrons. The molecular formula is C7H4F3IO. The Morgan fingerprint density at radius 2 is 1.92 bits per heavy atom. The lowest BCUT2D eigenvalue weighted by Gasteiger charge is -2.05. The Labute approximate surface area is 77.2 Å². The van der Waals surface area contributed by atoms with Gasteiger partial charge in [0.1, 0.15) is 0 Å². The molecule has 5 heteroatoms. The van der Waals surface area contributed by atoms with Gasteiger partial charge < -0.3 is 0 Å². The SMILES string of the molecule is O=Ic1cccc(C(F)(F)F)c1. The zero-order valence-electron chi connectivity index (χ0n) is 5.73. The molecule has 0 N–H and O–H groups in total. The first kappa shape index (κ1) is 9.63. The van der Waals surface area contributed by atoms with Gasteiger partial charge in [-0.15, -0.1) is 0 Å². The number of halogens is 4. The van der Waals surface area contributed by atoms with Gasteiger partial charge in [-0.05, 0) is 18.2 Å². The van der Waals surface area contributed by atoms with E-state index < -0.39 is 32.9 Å². The molecule has 1 rings (SSSR count). The quantitative estimate of drug-likeness (QED) is 0.725. The third-order valence-electron chi connectivity index (χ3n) is 1.24. The predicted octanol–water partition coefficient (Wildman–Crippen LogP) is 3.19. The lowest BCUT2D eigenvalue weighted by Crippen LogP contribution is -2.04. The smallest absolute Gasteiger partial charge is 0.265 e. The van der Waals surface area contributed by atoms with Crippen LogP contribution < -0.4 is 0 Å². The maximum atomic E-state index is 12.0. The van der Waals surface area contributed by atoms with Gasteiger partial charge in [-0.3, -0.25) is 3.07 Å². The van der Waals surface area contributed by atoms with Crippen molar-refractivity contribution in [2.24, 2.45) is 0 Å². The van der Waals surface area contributed by atoms with Gasteiger partial charge in [-0.1, -0.05) is 6.07 Å². The van der Waals surface area contributed by atoms with Crippen LogP contribution in [0.4, 0.5) is 13.2 Å². The normalized spacial score (nSPS) is 11.6. The third kappa shape index (κ3) is 2.26. The van der Waals surface area contributed by atoms with Crippen LogP contribution in [0.1, 0.15) is 5.56 Å². The first-order valence-electron chi connectivity index (χ1n) is 2.98. The Balaban J connectivity index is 3.10. The fourth-order valence-electron chi connectivity index (χ4n) is 0.713. The first-order valence-corrected chi connectivity index (χ1v) is 4.94. The molecule has 0 saturated carbocycles. The Kier molecular flexibility index (Phi) is 2.81. The number of hydrogen-bond acceptors (Lipinski definition) is 1. The summed E-state index contributed by atoms with van der Waals surface area (Å²) in [5.74, 6) is 0. The molecule has 66 valence electrons. The van der Waals surface area contributed by atoms with Crippen LogP contribution in [0.25, 0.3) is 0 Å². The molecule has 0 unspecified atom stereocenters. The van der Waals surface area contributed by atoms with Gasteiger partial charge in [0.15, 0.2) is 21.2 Å². The summed E-state index contributed by atoms with van der Waals surface area (Å²) in [4.78, 5) is 0. The van der Waals surface area contributed by atoms with E-state index in [9.17, 15) is 16.2 Å². The van der Waals surface area contributed by atoms with Crippen LogP contribution in [0.3, 0.4) is 0 Å². The number of benzene rings is 1. The summed E-state index contributed by atoms with van der Waals surface area (Å²) in [6.45, 7) is 0. The molecule has 0 atom stereocenters. The maximum absolute atomic E-state index is 12.0. The summed E-state index contributed by atoms with van der Waals surface area (Å²) in [7, 11) is 0. The van der Waals surface area contributed by atoms with Gasteiger partial charge in [0.05, 0.1) is 5.56 Å². The molecule has 0 aliphatic heterocycles. The predicted molar refractivity (Wildman–Crippen MR) is 44.8 cm³/mol. The van der Waals surface area contributed by atoms with Crippen LogP contribution >= 0.6 is 21.2 Å². The molecule has 1 nitrogen and oxygen atoms in total. The second kappa shape index (κ2) is 3.51. The highest BCUT2D eigenvalue weighted by molar-refractivity contribution is 14.1. The molecule has 0 fully saturated rings. The van der Waals surface area contributed by atoms with Crippen LogP contribution in [-0.4, -0.2) is 0 Å². The highest BCUT2D eigenvalue weighted by atomic mass is 127. The summed E-state index contributed by atoms with van der Waals surface area (Å²) in [5, 5.41) is 0. The van der Waals surface area contributed by atoms with Gasteiger partial charge in [0, 0.05) is 3.57 Å². The Morgan fingerprint density at radius 3 is 2.42 bits per heavy atom. The van der Waals surface area contributed by atoms with Crippen LogP contribution in [0.2, 0.25) is 0 Å². The van der Waals surface area contributed by atoms with Crippen molar-refractivity contribution in [2.45, 2.75) is 6.18 Å². The Bertz CT molecular complexity index is 295. The average molecular weight is 288 g/mol. The van der Waals surface area contributed by atoms with Crippen molar-refractivity contribution in [3.63, 3.8) is 0 Å². The number of hydrogen-bond donors (Lipinski definition) is 0. The standard InChI is InChI=1S/C7H4F3IO/c8-7(9,10)5-2-1-3-6(4-5)11-12/h1-4H. The van der Waals surface area contributed by atoms with Crippen molar-refractivity contribution in [1.29, 1.82) is 0 Å². The van der Waals surface area contributed by atoms with E-state index in [0.717, 1.165) is 12.1 Å². The largest absolute Gasteiger partial charge is 0.416 e. The molecule has 1 aromatic rings. The number of rotatable bonds is 1. The van der Waals surface area contributed by atoms with Crippen molar-refractivity contribution >= 4 is 21.2 Å². The number of alkyl halides is 3. The fourth-order valence-corrected chi connectivity index (χ4v) is 1.53. The van der Waals surface area contributed by atoms with E-state index in [2.05, 4.69) is 0 Å². The van der Waals surface area contributed by atoms with E-state index >= 15 is 0 Å². The lowest BCUT2D eigenvalue weighted by molar-refractivity contribution is -0.137. The second-order valence-corrected chi connectivity index (χ2v) is 3.77. The lowest BCUT2D eigenvalue weighted by atomic mass is 10.2. The van der Waals surface area contributed by atoms with Gasteiger partial charge in [-0.2, -0.15) is 13.2 Å². The van der Waals surface area contributed by atoms with Gasteiger partial charge in [-0.25, -0.2) is 0 Å². The second-order valence-electron chi connectivity index (χ2n) is 2.09. The summed E-state index contributed by atoms with van der Waals surface area (Å²) >= 11 is -1.51. The molecule has 0 bridgehead atoms. The van der Waals surface area contributed by atoms with E-state index in [-0.39, 0.29) is 3.57 Å². The highest BCUT2D eigenvalue weighted by Crippen LogP contribution is 2.30. The summed E-state index contributed by atoms with van der Waals surface area (Å²) < 4.78 is 46.7. The molecule has 0 heterocycles. The molecule has 12 heavy (non-hydrogen) atoms. The van der Waals surface area contributed by atoms with Crippen LogP contribution in [0.15, 0.2) is 24.3 Å². The summed E-state index contributed by atoms with van der Waals surface area (Å²) in [6.07, 6.45) is -4.34. The van der Waals surface area contributed by atoms with Crippen LogP contribution in [0.5, 0.6) is 0 Å². The van der Waals surface area contributed by atoms with E-state index in [1.807, 2.05) is 0 Å². The molecule has 0 aliphatic carbocycles. The molecule has 0 spiro atoms. The minimum Gasteiger partial charge on any atom is -0.265 e. The minimum atomic E-state index is -4.34. The Hall–Kier alpha value is -0.460. The Morgan fingerprint density at radius 1 is 1.25 bits per heavy atom. The minimum absolute atomic E-state index is 0.267. The molecule has 0 aliphatic rings. The molecule has 0 amide bonds. The van der Waals surface area contributed by atoms with E-state index in [1.165, 1.54) is 12.1 Å². The maximum Gasteiger partial charge on any atom is 0.416 e. The van der Waals surface area contributed by atoms with Gasteiger partial charge in [0.2, 0.25) is 0 Å². The van der Waals surface area contributed by atoms with Crippen molar-refractivity contribution in [1.82, 2.24) is 0 Å². The highest BCUT2D eigenvalue weighted by Gasteiger charge is 2.30. The molecule has 1 aromatic carbocycles.